The second-order valence-electron chi connectivity index (χ2n) is 5.09. The van der Waals surface area contributed by atoms with Crippen LogP contribution in [0.5, 0.6) is 0 Å². The molecule has 1 N–H and O–H groups in total. The average Bonchev–Trinajstić information content (AvgIpc) is 2.95. The van der Waals surface area contributed by atoms with Gasteiger partial charge in [-0.3, -0.25) is 4.57 Å². The van der Waals surface area contributed by atoms with E-state index < -0.39 is 19.5 Å². The van der Waals surface area contributed by atoms with Crippen LogP contribution in [0.3, 0.4) is 0 Å². The van der Waals surface area contributed by atoms with Crippen LogP contribution in [-0.4, -0.2) is 45.6 Å². The van der Waals surface area contributed by atoms with E-state index in [-0.39, 0.29) is 25.9 Å². The molecule has 2 aromatic rings. The Balaban J connectivity index is 2.04. The van der Waals surface area contributed by atoms with Crippen molar-refractivity contribution in [1.29, 1.82) is 0 Å². The van der Waals surface area contributed by atoms with Gasteiger partial charge in [0.1, 0.15) is 11.5 Å². The van der Waals surface area contributed by atoms with E-state index in [0.717, 1.165) is 0 Å². The van der Waals surface area contributed by atoms with Gasteiger partial charge in [0.15, 0.2) is 0 Å². The third-order valence-electron chi connectivity index (χ3n) is 3.17. The Morgan fingerprint density at radius 2 is 1.96 bits per heavy atom. The number of hydrogen-bond donors (Lipinski definition) is 1. The van der Waals surface area contributed by atoms with Gasteiger partial charge < -0.3 is 14.2 Å². The van der Waals surface area contributed by atoms with Gasteiger partial charge in [0.2, 0.25) is 0 Å². The Morgan fingerprint density at radius 1 is 1.29 bits per heavy atom. The summed E-state index contributed by atoms with van der Waals surface area (Å²) in [6, 6.07) is 6.22. The lowest BCUT2D eigenvalue weighted by Crippen LogP contribution is -2.22. The van der Waals surface area contributed by atoms with E-state index >= 15 is 0 Å². The number of benzene rings is 1. The lowest BCUT2D eigenvalue weighted by Gasteiger charge is -2.19. The van der Waals surface area contributed by atoms with Crippen LogP contribution in [0.2, 0.25) is 0 Å². The zero-order valence-electron chi connectivity index (χ0n) is 13.6. The fraction of sp³-hybridized carbons (Fsp3) is 0.467. The van der Waals surface area contributed by atoms with Crippen molar-refractivity contribution in [3.63, 3.8) is 0 Å². The zero-order chi connectivity index (χ0) is 17.6. The Bertz CT molecular complexity index is 700. The summed E-state index contributed by atoms with van der Waals surface area (Å²) in [6.45, 7) is 3.91. The molecule has 7 nitrogen and oxygen atoms in total. The first-order chi connectivity index (χ1) is 11.5. The first-order valence-corrected chi connectivity index (χ1v) is 9.41. The van der Waals surface area contributed by atoms with E-state index in [0.29, 0.717) is 11.3 Å². The molecule has 2 rings (SSSR count). The highest BCUT2D eigenvalue weighted by Gasteiger charge is 2.28. The number of aliphatic hydroxyl groups is 1. The van der Waals surface area contributed by atoms with Gasteiger partial charge in [0.05, 0.1) is 38.2 Å². The molecule has 1 aromatic carbocycles. The van der Waals surface area contributed by atoms with Crippen LogP contribution >= 0.6 is 7.60 Å². The topological polar surface area (TPSA) is 86.5 Å². The van der Waals surface area contributed by atoms with Gasteiger partial charge in [-0.25, -0.2) is 9.07 Å². The van der Waals surface area contributed by atoms with Crippen molar-refractivity contribution in [3.05, 3.63) is 36.3 Å². The van der Waals surface area contributed by atoms with Gasteiger partial charge in [-0.15, -0.1) is 5.10 Å². The minimum Gasteiger partial charge on any atom is -0.391 e. The maximum Gasteiger partial charge on any atom is 0.333 e. The molecular weight excluding hydrogens is 336 g/mol. The van der Waals surface area contributed by atoms with Crippen LogP contribution in [-0.2, 0) is 20.2 Å². The molecule has 0 bridgehead atoms. The third kappa shape index (κ3) is 4.95. The predicted octanol–water partition coefficient (Wildman–Crippen LogP) is 2.71. The normalized spacial score (nSPS) is 13.2. The van der Waals surface area contributed by atoms with Gasteiger partial charge in [-0.1, -0.05) is 17.3 Å². The molecule has 0 aliphatic carbocycles. The van der Waals surface area contributed by atoms with Crippen LogP contribution in [0.1, 0.15) is 13.8 Å². The summed E-state index contributed by atoms with van der Waals surface area (Å²) >= 11 is 0. The van der Waals surface area contributed by atoms with Crippen LogP contribution < -0.4 is 0 Å². The molecule has 9 heteroatoms. The smallest absolute Gasteiger partial charge is 0.333 e. The quantitative estimate of drug-likeness (QED) is 0.695. The van der Waals surface area contributed by atoms with Gasteiger partial charge in [-0.05, 0) is 26.0 Å². The molecule has 0 fully saturated rings. The van der Waals surface area contributed by atoms with Crippen molar-refractivity contribution in [3.8, 4) is 11.3 Å². The van der Waals surface area contributed by atoms with Crippen molar-refractivity contribution in [2.24, 2.45) is 0 Å². The highest BCUT2D eigenvalue weighted by atomic mass is 31.2. The summed E-state index contributed by atoms with van der Waals surface area (Å²) in [4.78, 5) is 0. The minimum absolute atomic E-state index is 0.0472. The standard InChI is InChI=1S/C15H21FN3O4P/c1-3-22-24(21,23-4-2)11-12(20)9-19-10-15(17-18-19)13-7-5-6-8-14(13)16/h5-8,10,12,20H,3-4,9,11H2,1-2H3. The van der Waals surface area contributed by atoms with Gasteiger partial charge >= 0.3 is 7.60 Å². The highest BCUT2D eigenvalue weighted by Crippen LogP contribution is 2.48. The Kier molecular flexibility index (Phi) is 6.62. The molecule has 0 aliphatic rings. The summed E-state index contributed by atoms with van der Waals surface area (Å²) < 4.78 is 37.8. The number of nitrogens with zero attached hydrogens (tertiary/aromatic N) is 3. The first-order valence-electron chi connectivity index (χ1n) is 7.68. The molecule has 0 spiro atoms. The maximum atomic E-state index is 13.7. The van der Waals surface area contributed by atoms with E-state index in [1.54, 1.807) is 32.0 Å². The second kappa shape index (κ2) is 8.48. The van der Waals surface area contributed by atoms with Crippen LogP contribution in [0.25, 0.3) is 11.3 Å². The van der Waals surface area contributed by atoms with E-state index in [1.165, 1.54) is 16.9 Å². The lowest BCUT2D eigenvalue weighted by atomic mass is 10.1. The molecule has 1 heterocycles. The molecule has 1 unspecified atom stereocenters. The molecule has 0 saturated heterocycles. The lowest BCUT2D eigenvalue weighted by molar-refractivity contribution is 0.150. The van der Waals surface area contributed by atoms with Crippen molar-refractivity contribution in [2.45, 2.75) is 26.5 Å². The second-order valence-corrected chi connectivity index (χ2v) is 7.19. The highest BCUT2D eigenvalue weighted by molar-refractivity contribution is 7.53. The van der Waals surface area contributed by atoms with E-state index in [9.17, 15) is 14.1 Å². The van der Waals surface area contributed by atoms with Gasteiger partial charge in [-0.2, -0.15) is 0 Å². The molecule has 24 heavy (non-hydrogen) atoms. The van der Waals surface area contributed by atoms with E-state index in [1.807, 2.05) is 0 Å². The van der Waals surface area contributed by atoms with Gasteiger partial charge in [0, 0.05) is 5.56 Å². The Labute approximate surface area is 139 Å². The number of aromatic nitrogens is 3. The van der Waals surface area contributed by atoms with Crippen molar-refractivity contribution in [1.82, 2.24) is 15.0 Å². The molecule has 0 aliphatic heterocycles. The monoisotopic (exact) mass is 357 g/mol. The molecule has 1 aromatic heterocycles. The fourth-order valence-electron chi connectivity index (χ4n) is 2.25. The van der Waals surface area contributed by atoms with Gasteiger partial charge in [0.25, 0.3) is 0 Å². The Hall–Kier alpha value is -1.60. The summed E-state index contributed by atoms with van der Waals surface area (Å²) in [5, 5.41) is 17.9. The van der Waals surface area contributed by atoms with E-state index in [2.05, 4.69) is 10.3 Å². The molecule has 132 valence electrons. The summed E-state index contributed by atoms with van der Waals surface area (Å²) in [5.41, 5.74) is 0.686. The first kappa shape index (κ1) is 18.7. The SMILES string of the molecule is CCOP(=O)(CC(O)Cn1cc(-c2ccccc2F)nn1)OCC. The van der Waals surface area contributed by atoms with Crippen molar-refractivity contribution in [2.75, 3.05) is 19.4 Å². The summed E-state index contributed by atoms with van der Waals surface area (Å²) in [7, 11) is -3.34. The largest absolute Gasteiger partial charge is 0.391 e. The number of hydrogen-bond acceptors (Lipinski definition) is 6. The van der Waals surface area contributed by atoms with Crippen LogP contribution in [0.15, 0.2) is 30.5 Å². The Morgan fingerprint density at radius 3 is 2.58 bits per heavy atom. The maximum absolute atomic E-state index is 13.7. The fourth-order valence-corrected chi connectivity index (χ4v) is 3.95. The average molecular weight is 357 g/mol. The number of rotatable bonds is 9. The molecule has 1 atom stereocenters. The van der Waals surface area contributed by atoms with Crippen molar-refractivity contribution >= 4 is 7.60 Å². The molecule has 0 radical (unpaired) electrons. The third-order valence-corrected chi connectivity index (χ3v) is 5.34. The van der Waals surface area contributed by atoms with Crippen LogP contribution in [0, 0.1) is 5.82 Å². The summed E-state index contributed by atoms with van der Waals surface area (Å²) in [6.07, 6.45) is 0.376. The molecule has 0 amide bonds. The molecular formula is C15H21FN3O4P. The van der Waals surface area contributed by atoms with Crippen LogP contribution in [0.4, 0.5) is 4.39 Å². The predicted molar refractivity (Wildman–Crippen MR) is 87.1 cm³/mol. The zero-order valence-corrected chi connectivity index (χ0v) is 14.5. The van der Waals surface area contributed by atoms with E-state index in [4.69, 9.17) is 9.05 Å². The molecule has 0 saturated carbocycles. The van der Waals surface area contributed by atoms with Crippen molar-refractivity contribution < 1.29 is 23.1 Å². The summed E-state index contributed by atoms with van der Waals surface area (Å²) in [5.74, 6) is -0.401. The number of halogens is 1. The number of aliphatic hydroxyl groups excluding tert-OH is 1. The minimum atomic E-state index is -3.34.